The van der Waals surface area contributed by atoms with E-state index in [1.807, 2.05) is 0 Å². The summed E-state index contributed by atoms with van der Waals surface area (Å²) in [7, 11) is 0. The van der Waals surface area contributed by atoms with Crippen LogP contribution in [0.3, 0.4) is 0 Å². The van der Waals surface area contributed by atoms with Crippen molar-refractivity contribution in [3.05, 3.63) is 33.1 Å². The third kappa shape index (κ3) is 2.74. The molecule has 8 nitrogen and oxygen atoms in total. The molecule has 0 saturated carbocycles. The summed E-state index contributed by atoms with van der Waals surface area (Å²) in [5.41, 5.74) is -1.13. The van der Waals surface area contributed by atoms with Crippen molar-refractivity contribution < 1.29 is 19.4 Å². The van der Waals surface area contributed by atoms with Gasteiger partial charge in [-0.15, -0.1) is 0 Å². The SMILES string of the molecule is CC(=O)O[C@H]1[C@H](n2ccc(=O)[nH]c2=O)CO[C@@H]1CO. The Morgan fingerprint density at radius 2 is 2.37 bits per heavy atom. The van der Waals surface area contributed by atoms with Crippen LogP contribution in [0.25, 0.3) is 0 Å². The molecule has 1 saturated heterocycles. The fraction of sp³-hybridized carbons (Fsp3) is 0.545. The van der Waals surface area contributed by atoms with Gasteiger partial charge >= 0.3 is 11.7 Å². The number of esters is 1. The summed E-state index contributed by atoms with van der Waals surface area (Å²) in [6.07, 6.45) is -0.148. The Kier molecular flexibility index (Phi) is 3.82. The third-order valence-corrected chi connectivity index (χ3v) is 2.92. The number of aromatic nitrogens is 2. The normalized spacial score (nSPS) is 26.3. The molecular weight excluding hydrogens is 256 g/mol. The Morgan fingerprint density at radius 1 is 1.63 bits per heavy atom. The topological polar surface area (TPSA) is 111 Å². The highest BCUT2D eigenvalue weighted by Gasteiger charge is 2.41. The number of nitrogens with one attached hydrogen (secondary N) is 1. The molecule has 1 aromatic heterocycles. The number of hydrogen-bond acceptors (Lipinski definition) is 6. The molecular formula is C11H14N2O6. The standard InChI is InChI=1S/C11H14N2O6/c1-6(15)19-10-7(5-18-8(10)4-14)13-3-2-9(16)12-11(13)17/h2-3,7-8,10,14H,4-5H2,1H3,(H,12,16,17)/t7-,8-,10+/m1/s1. The van der Waals surface area contributed by atoms with Crippen LogP contribution in [0.5, 0.6) is 0 Å². The van der Waals surface area contributed by atoms with Crippen molar-refractivity contribution in [2.45, 2.75) is 25.2 Å². The van der Waals surface area contributed by atoms with Crippen molar-refractivity contribution in [1.82, 2.24) is 9.55 Å². The first-order chi connectivity index (χ1) is 9.02. The van der Waals surface area contributed by atoms with Crippen LogP contribution in [0.1, 0.15) is 13.0 Å². The third-order valence-electron chi connectivity index (χ3n) is 2.92. The molecule has 3 atom stereocenters. The minimum atomic E-state index is -0.772. The molecule has 0 aromatic carbocycles. The van der Waals surface area contributed by atoms with Gasteiger partial charge in [0.25, 0.3) is 5.56 Å². The van der Waals surface area contributed by atoms with E-state index in [9.17, 15) is 14.4 Å². The molecule has 1 aliphatic rings. The van der Waals surface area contributed by atoms with E-state index in [4.69, 9.17) is 14.6 Å². The van der Waals surface area contributed by atoms with Crippen molar-refractivity contribution in [3.8, 4) is 0 Å². The molecule has 0 amide bonds. The zero-order valence-corrected chi connectivity index (χ0v) is 10.2. The molecule has 19 heavy (non-hydrogen) atoms. The number of rotatable bonds is 3. The molecule has 8 heteroatoms. The van der Waals surface area contributed by atoms with Gasteiger partial charge in [0.2, 0.25) is 0 Å². The monoisotopic (exact) mass is 270 g/mol. The van der Waals surface area contributed by atoms with Crippen LogP contribution in [0.2, 0.25) is 0 Å². The average Bonchev–Trinajstić information content (AvgIpc) is 2.71. The minimum absolute atomic E-state index is 0.106. The lowest BCUT2D eigenvalue weighted by molar-refractivity contribution is -0.151. The fourth-order valence-electron chi connectivity index (χ4n) is 2.09. The van der Waals surface area contributed by atoms with Gasteiger partial charge in [-0.25, -0.2) is 4.79 Å². The Bertz CT molecular complexity index is 577. The molecule has 0 bridgehead atoms. The van der Waals surface area contributed by atoms with Crippen LogP contribution in [-0.2, 0) is 14.3 Å². The Balaban J connectivity index is 2.34. The summed E-state index contributed by atoms with van der Waals surface area (Å²) in [5, 5.41) is 9.17. The second-order valence-electron chi connectivity index (χ2n) is 4.21. The van der Waals surface area contributed by atoms with E-state index in [2.05, 4.69) is 4.98 Å². The van der Waals surface area contributed by atoms with E-state index in [-0.39, 0.29) is 13.2 Å². The van der Waals surface area contributed by atoms with Crippen LogP contribution in [-0.4, -0.2) is 46.0 Å². The number of aliphatic hydroxyl groups excluding tert-OH is 1. The summed E-state index contributed by atoms with van der Waals surface area (Å²) in [5.74, 6) is -0.531. The minimum Gasteiger partial charge on any atom is -0.457 e. The fourth-order valence-corrected chi connectivity index (χ4v) is 2.09. The molecule has 0 unspecified atom stereocenters. The lowest BCUT2D eigenvalue weighted by Crippen LogP contribution is -2.40. The van der Waals surface area contributed by atoms with Gasteiger partial charge in [-0.2, -0.15) is 0 Å². The zero-order chi connectivity index (χ0) is 14.0. The number of aliphatic hydroxyl groups is 1. The van der Waals surface area contributed by atoms with Gasteiger partial charge in [-0.3, -0.25) is 19.1 Å². The van der Waals surface area contributed by atoms with E-state index in [1.54, 1.807) is 0 Å². The average molecular weight is 270 g/mol. The molecule has 2 rings (SSSR count). The largest absolute Gasteiger partial charge is 0.457 e. The van der Waals surface area contributed by atoms with E-state index >= 15 is 0 Å². The highest BCUT2D eigenvalue weighted by molar-refractivity contribution is 5.66. The van der Waals surface area contributed by atoms with Gasteiger partial charge in [0.05, 0.1) is 13.2 Å². The number of hydrogen-bond donors (Lipinski definition) is 2. The van der Waals surface area contributed by atoms with Gasteiger partial charge in [0.1, 0.15) is 12.1 Å². The number of nitrogens with zero attached hydrogens (tertiary/aromatic N) is 1. The van der Waals surface area contributed by atoms with Crippen LogP contribution >= 0.6 is 0 Å². The zero-order valence-electron chi connectivity index (χ0n) is 10.2. The lowest BCUT2D eigenvalue weighted by Gasteiger charge is -2.22. The number of carbonyl (C=O) groups is 1. The van der Waals surface area contributed by atoms with Gasteiger partial charge < -0.3 is 14.6 Å². The number of ether oxygens (including phenoxy) is 2. The molecule has 1 aromatic rings. The highest BCUT2D eigenvalue weighted by Crippen LogP contribution is 2.26. The van der Waals surface area contributed by atoms with Crippen molar-refractivity contribution >= 4 is 5.97 Å². The summed E-state index contributed by atoms with van der Waals surface area (Å²) in [6.45, 7) is 1.02. The van der Waals surface area contributed by atoms with Crippen molar-refractivity contribution in [1.29, 1.82) is 0 Å². The van der Waals surface area contributed by atoms with Gasteiger partial charge in [-0.1, -0.05) is 0 Å². The van der Waals surface area contributed by atoms with E-state index in [1.165, 1.54) is 23.8 Å². The summed E-state index contributed by atoms with van der Waals surface area (Å²) < 4.78 is 11.6. The molecule has 0 radical (unpaired) electrons. The van der Waals surface area contributed by atoms with Crippen LogP contribution < -0.4 is 11.2 Å². The number of carbonyl (C=O) groups excluding carboxylic acids is 1. The van der Waals surface area contributed by atoms with Crippen LogP contribution in [0.4, 0.5) is 0 Å². The maximum absolute atomic E-state index is 11.7. The quantitative estimate of drug-likeness (QED) is 0.640. The van der Waals surface area contributed by atoms with Gasteiger partial charge in [-0.05, 0) is 0 Å². The van der Waals surface area contributed by atoms with Crippen molar-refractivity contribution in [2.75, 3.05) is 13.2 Å². The van der Waals surface area contributed by atoms with E-state index in [0.717, 1.165) is 0 Å². The highest BCUT2D eigenvalue weighted by atomic mass is 16.6. The summed E-state index contributed by atoms with van der Waals surface area (Å²) in [6, 6.07) is 0.615. The number of aromatic amines is 1. The maximum atomic E-state index is 11.7. The molecule has 0 spiro atoms. The first-order valence-electron chi connectivity index (χ1n) is 5.74. The molecule has 2 N–H and O–H groups in total. The van der Waals surface area contributed by atoms with Crippen molar-refractivity contribution in [2.24, 2.45) is 0 Å². The first-order valence-corrected chi connectivity index (χ1v) is 5.74. The molecule has 0 aliphatic carbocycles. The Morgan fingerprint density at radius 3 is 2.95 bits per heavy atom. The molecule has 1 aliphatic heterocycles. The Labute approximate surface area is 107 Å². The van der Waals surface area contributed by atoms with Gasteiger partial charge in [0, 0.05) is 19.2 Å². The second kappa shape index (κ2) is 5.37. The second-order valence-corrected chi connectivity index (χ2v) is 4.21. The lowest BCUT2D eigenvalue weighted by atomic mass is 10.1. The van der Waals surface area contributed by atoms with Crippen molar-refractivity contribution in [3.63, 3.8) is 0 Å². The first kappa shape index (κ1) is 13.5. The predicted octanol–water partition coefficient (Wildman–Crippen LogP) is -1.60. The molecule has 1 fully saturated rings. The summed E-state index contributed by atoms with van der Waals surface area (Å²) in [4.78, 5) is 35.9. The maximum Gasteiger partial charge on any atom is 0.328 e. The smallest absolute Gasteiger partial charge is 0.328 e. The van der Waals surface area contributed by atoms with E-state index < -0.39 is 35.5 Å². The van der Waals surface area contributed by atoms with Crippen LogP contribution in [0.15, 0.2) is 21.9 Å². The van der Waals surface area contributed by atoms with Gasteiger partial charge in [0.15, 0.2) is 6.10 Å². The number of H-pyrrole nitrogens is 1. The van der Waals surface area contributed by atoms with E-state index in [0.29, 0.717) is 0 Å². The predicted molar refractivity (Wildman–Crippen MR) is 62.7 cm³/mol. The molecule has 104 valence electrons. The van der Waals surface area contributed by atoms with Crippen LogP contribution in [0, 0.1) is 0 Å². The Hall–Kier alpha value is -1.93. The molecule has 2 heterocycles. The summed E-state index contributed by atoms with van der Waals surface area (Å²) >= 11 is 0.